The van der Waals surface area contributed by atoms with Gasteiger partial charge in [-0.05, 0) is 19.4 Å². The number of likely N-dealkylation sites (tertiary alicyclic amines) is 1. The molecule has 0 spiro atoms. The van der Waals surface area contributed by atoms with Crippen molar-refractivity contribution in [3.63, 3.8) is 0 Å². The molecule has 15 heavy (non-hydrogen) atoms. The van der Waals surface area contributed by atoms with E-state index in [2.05, 4.69) is 10.2 Å². The van der Waals surface area contributed by atoms with Crippen LogP contribution in [0.1, 0.15) is 32.1 Å². The summed E-state index contributed by atoms with van der Waals surface area (Å²) < 4.78 is 0. The van der Waals surface area contributed by atoms with Gasteiger partial charge in [-0.2, -0.15) is 0 Å². The number of amides is 1. The molecular weight excluding hydrogens is 190 g/mol. The van der Waals surface area contributed by atoms with Gasteiger partial charge in [0, 0.05) is 32.6 Å². The Morgan fingerprint density at radius 3 is 2.93 bits per heavy atom. The maximum Gasteiger partial charge on any atom is 0.221 e. The largest absolute Gasteiger partial charge is 0.359 e. The molecule has 0 aromatic heterocycles. The lowest BCUT2D eigenvalue weighted by Crippen LogP contribution is -2.41. The van der Waals surface area contributed by atoms with Gasteiger partial charge in [0.1, 0.15) is 0 Å². The van der Waals surface area contributed by atoms with Crippen molar-refractivity contribution in [2.75, 3.05) is 26.7 Å². The standard InChI is InChI=1S/C11H23N3O/c1-13-11(15)6-8-14-7-4-2-3-5-10(14)9-12/h10H,2-9,12H2,1H3,(H,13,15). The number of rotatable bonds is 4. The molecule has 1 fully saturated rings. The fourth-order valence-electron chi connectivity index (χ4n) is 2.17. The van der Waals surface area contributed by atoms with Crippen molar-refractivity contribution in [2.24, 2.45) is 5.73 Å². The first-order valence-corrected chi connectivity index (χ1v) is 5.92. The Bertz CT molecular complexity index is 196. The second kappa shape index (κ2) is 6.80. The van der Waals surface area contributed by atoms with Crippen molar-refractivity contribution >= 4 is 5.91 Å². The maximum absolute atomic E-state index is 11.2. The quantitative estimate of drug-likeness (QED) is 0.707. The van der Waals surface area contributed by atoms with Gasteiger partial charge in [-0.25, -0.2) is 0 Å². The summed E-state index contributed by atoms with van der Waals surface area (Å²) in [5.74, 6) is 0.120. The lowest BCUT2D eigenvalue weighted by atomic mass is 10.1. The molecule has 0 bridgehead atoms. The van der Waals surface area contributed by atoms with E-state index in [0.29, 0.717) is 19.0 Å². The van der Waals surface area contributed by atoms with Gasteiger partial charge in [0.05, 0.1) is 0 Å². The van der Waals surface area contributed by atoms with E-state index in [1.807, 2.05) is 0 Å². The molecule has 1 heterocycles. The highest BCUT2D eigenvalue weighted by Crippen LogP contribution is 2.16. The third kappa shape index (κ3) is 4.18. The molecule has 88 valence electrons. The summed E-state index contributed by atoms with van der Waals surface area (Å²) in [6.07, 6.45) is 5.59. The highest BCUT2D eigenvalue weighted by atomic mass is 16.1. The first kappa shape index (κ1) is 12.5. The topological polar surface area (TPSA) is 58.4 Å². The molecule has 4 nitrogen and oxygen atoms in total. The van der Waals surface area contributed by atoms with Crippen LogP contribution in [0.4, 0.5) is 0 Å². The molecule has 1 unspecified atom stereocenters. The van der Waals surface area contributed by atoms with Gasteiger partial charge in [-0.3, -0.25) is 9.69 Å². The number of nitrogens with one attached hydrogen (secondary N) is 1. The molecule has 0 saturated carbocycles. The Hall–Kier alpha value is -0.610. The molecule has 1 rings (SSSR count). The zero-order chi connectivity index (χ0) is 11.1. The van der Waals surface area contributed by atoms with Crippen LogP contribution >= 0.6 is 0 Å². The fraction of sp³-hybridized carbons (Fsp3) is 0.909. The van der Waals surface area contributed by atoms with Crippen molar-refractivity contribution in [1.29, 1.82) is 0 Å². The number of carbonyl (C=O) groups is 1. The Labute approximate surface area is 92.2 Å². The van der Waals surface area contributed by atoms with Gasteiger partial charge in [-0.15, -0.1) is 0 Å². The van der Waals surface area contributed by atoms with Gasteiger partial charge >= 0.3 is 0 Å². The molecular formula is C11H23N3O. The second-order valence-corrected chi connectivity index (χ2v) is 4.20. The minimum atomic E-state index is 0.120. The number of nitrogens with zero attached hydrogens (tertiary/aromatic N) is 1. The van der Waals surface area contributed by atoms with Crippen LogP contribution in [-0.2, 0) is 4.79 Å². The highest BCUT2D eigenvalue weighted by molar-refractivity contribution is 5.75. The van der Waals surface area contributed by atoms with E-state index in [0.717, 1.165) is 13.1 Å². The normalized spacial score (nSPS) is 23.5. The Morgan fingerprint density at radius 1 is 1.47 bits per heavy atom. The molecule has 0 aliphatic carbocycles. The summed E-state index contributed by atoms with van der Waals surface area (Å²) in [7, 11) is 1.69. The van der Waals surface area contributed by atoms with Gasteiger partial charge < -0.3 is 11.1 Å². The second-order valence-electron chi connectivity index (χ2n) is 4.20. The SMILES string of the molecule is CNC(=O)CCN1CCCCCC1CN. The zero-order valence-corrected chi connectivity index (χ0v) is 9.67. The first-order valence-electron chi connectivity index (χ1n) is 5.92. The van der Waals surface area contributed by atoms with Crippen molar-refractivity contribution in [1.82, 2.24) is 10.2 Å². The predicted molar refractivity (Wildman–Crippen MR) is 61.6 cm³/mol. The summed E-state index contributed by atoms with van der Waals surface area (Å²) in [6.45, 7) is 2.66. The molecule has 1 amide bonds. The third-order valence-electron chi connectivity index (χ3n) is 3.18. The average molecular weight is 213 g/mol. The van der Waals surface area contributed by atoms with Crippen LogP contribution in [0.25, 0.3) is 0 Å². The summed E-state index contributed by atoms with van der Waals surface area (Å²) in [6, 6.07) is 0.483. The summed E-state index contributed by atoms with van der Waals surface area (Å²) >= 11 is 0. The summed E-state index contributed by atoms with van der Waals surface area (Å²) in [5.41, 5.74) is 5.76. The minimum Gasteiger partial charge on any atom is -0.359 e. The van der Waals surface area contributed by atoms with Crippen LogP contribution in [0, 0.1) is 0 Å². The molecule has 4 heteroatoms. The lowest BCUT2D eigenvalue weighted by molar-refractivity contribution is -0.121. The van der Waals surface area contributed by atoms with Crippen molar-refractivity contribution in [3.8, 4) is 0 Å². The van der Waals surface area contributed by atoms with Crippen molar-refractivity contribution in [3.05, 3.63) is 0 Å². The number of carbonyl (C=O) groups excluding carboxylic acids is 1. The number of nitrogens with two attached hydrogens (primary N) is 1. The van der Waals surface area contributed by atoms with Gasteiger partial charge in [0.2, 0.25) is 5.91 Å². The molecule has 0 aromatic carbocycles. The molecule has 1 aliphatic rings. The van der Waals surface area contributed by atoms with Crippen LogP contribution in [0.2, 0.25) is 0 Å². The Morgan fingerprint density at radius 2 is 2.27 bits per heavy atom. The minimum absolute atomic E-state index is 0.120. The van der Waals surface area contributed by atoms with Crippen LogP contribution in [0.5, 0.6) is 0 Å². The molecule has 3 N–H and O–H groups in total. The third-order valence-corrected chi connectivity index (χ3v) is 3.18. The molecule has 0 radical (unpaired) electrons. The van der Waals surface area contributed by atoms with E-state index >= 15 is 0 Å². The van der Waals surface area contributed by atoms with Crippen molar-refractivity contribution < 1.29 is 4.79 Å². The molecule has 1 aliphatic heterocycles. The van der Waals surface area contributed by atoms with E-state index in [4.69, 9.17) is 5.73 Å². The van der Waals surface area contributed by atoms with Gasteiger partial charge in [0.15, 0.2) is 0 Å². The molecule has 0 aromatic rings. The fourth-order valence-corrected chi connectivity index (χ4v) is 2.17. The van der Waals surface area contributed by atoms with Gasteiger partial charge in [-0.1, -0.05) is 12.8 Å². The van der Waals surface area contributed by atoms with E-state index in [1.54, 1.807) is 7.05 Å². The van der Waals surface area contributed by atoms with Crippen LogP contribution in [0.3, 0.4) is 0 Å². The maximum atomic E-state index is 11.2. The number of hydrogen-bond donors (Lipinski definition) is 2. The van der Waals surface area contributed by atoms with Gasteiger partial charge in [0.25, 0.3) is 0 Å². The van der Waals surface area contributed by atoms with E-state index in [-0.39, 0.29) is 5.91 Å². The van der Waals surface area contributed by atoms with E-state index in [9.17, 15) is 4.79 Å². The molecule has 1 atom stereocenters. The summed E-state index contributed by atoms with van der Waals surface area (Å²) in [4.78, 5) is 13.5. The Balaban J connectivity index is 2.37. The van der Waals surface area contributed by atoms with Crippen LogP contribution in [-0.4, -0.2) is 43.5 Å². The smallest absolute Gasteiger partial charge is 0.221 e. The van der Waals surface area contributed by atoms with E-state index in [1.165, 1.54) is 25.7 Å². The summed E-state index contributed by atoms with van der Waals surface area (Å²) in [5, 5.41) is 2.66. The van der Waals surface area contributed by atoms with Crippen LogP contribution < -0.4 is 11.1 Å². The zero-order valence-electron chi connectivity index (χ0n) is 9.67. The predicted octanol–water partition coefficient (Wildman–Crippen LogP) is 0.326. The monoisotopic (exact) mass is 213 g/mol. The Kier molecular flexibility index (Phi) is 5.65. The van der Waals surface area contributed by atoms with Crippen molar-refractivity contribution in [2.45, 2.75) is 38.1 Å². The van der Waals surface area contributed by atoms with Crippen LogP contribution in [0.15, 0.2) is 0 Å². The number of hydrogen-bond acceptors (Lipinski definition) is 3. The average Bonchev–Trinajstić information content (AvgIpc) is 2.50. The lowest BCUT2D eigenvalue weighted by Gasteiger charge is -2.28. The van der Waals surface area contributed by atoms with E-state index < -0.39 is 0 Å². The first-order chi connectivity index (χ1) is 7.27. The highest BCUT2D eigenvalue weighted by Gasteiger charge is 2.19. The molecule has 1 saturated heterocycles.